The van der Waals surface area contributed by atoms with Crippen molar-refractivity contribution in [3.05, 3.63) is 29.6 Å². The molecule has 0 aliphatic heterocycles. The van der Waals surface area contributed by atoms with Crippen molar-refractivity contribution in [2.75, 3.05) is 12.0 Å². The fourth-order valence-electron chi connectivity index (χ4n) is 1.62. The summed E-state index contributed by atoms with van der Waals surface area (Å²) in [6, 6.07) is 1.76. The molecule has 1 heterocycles. The van der Waals surface area contributed by atoms with Crippen molar-refractivity contribution < 1.29 is 8.78 Å². The fourth-order valence-corrected chi connectivity index (χ4v) is 2.11. The zero-order valence-electron chi connectivity index (χ0n) is 9.34. The van der Waals surface area contributed by atoms with Gasteiger partial charge in [-0.2, -0.15) is 11.8 Å². The number of nitrogens with zero attached hydrogens (tertiary/aromatic N) is 1. The van der Waals surface area contributed by atoms with Gasteiger partial charge in [0.05, 0.1) is 11.6 Å². The highest BCUT2D eigenvalue weighted by atomic mass is 32.2. The first-order valence-electron chi connectivity index (χ1n) is 5.21. The van der Waals surface area contributed by atoms with Gasteiger partial charge in [-0.1, -0.05) is 0 Å². The molecule has 1 aromatic carbocycles. The number of hydrogen-bond acceptors (Lipinski definition) is 3. The van der Waals surface area contributed by atoms with Gasteiger partial charge >= 0.3 is 0 Å². The zero-order valence-corrected chi connectivity index (χ0v) is 10.2. The van der Waals surface area contributed by atoms with Crippen molar-refractivity contribution in [3.63, 3.8) is 0 Å². The predicted octanol–water partition coefficient (Wildman–Crippen LogP) is 2.59. The summed E-state index contributed by atoms with van der Waals surface area (Å²) in [4.78, 5) is 6.94. The summed E-state index contributed by atoms with van der Waals surface area (Å²) in [6.45, 7) is 0. The third-order valence-electron chi connectivity index (χ3n) is 2.51. The highest BCUT2D eigenvalue weighted by molar-refractivity contribution is 7.98. The molecule has 3 N–H and O–H groups in total. The van der Waals surface area contributed by atoms with E-state index < -0.39 is 11.6 Å². The lowest BCUT2D eigenvalue weighted by Crippen LogP contribution is -2.12. The minimum atomic E-state index is -0.667. The molecule has 0 radical (unpaired) electrons. The van der Waals surface area contributed by atoms with Crippen molar-refractivity contribution >= 4 is 22.8 Å². The summed E-state index contributed by atoms with van der Waals surface area (Å²) in [5, 5.41) is 0. The van der Waals surface area contributed by atoms with Crippen LogP contribution in [0.15, 0.2) is 12.1 Å². The number of hydrogen-bond donors (Lipinski definition) is 2. The Labute approximate surface area is 102 Å². The van der Waals surface area contributed by atoms with E-state index in [0.29, 0.717) is 11.3 Å². The van der Waals surface area contributed by atoms with E-state index in [4.69, 9.17) is 5.73 Å². The van der Waals surface area contributed by atoms with E-state index in [1.54, 1.807) is 11.8 Å². The number of fused-ring (bicyclic) bond motifs is 1. The molecule has 3 nitrogen and oxygen atoms in total. The Morgan fingerprint density at radius 1 is 1.47 bits per heavy atom. The maximum Gasteiger partial charge on any atom is 0.153 e. The van der Waals surface area contributed by atoms with Crippen molar-refractivity contribution in [2.24, 2.45) is 5.73 Å². The predicted molar refractivity (Wildman–Crippen MR) is 65.9 cm³/mol. The van der Waals surface area contributed by atoms with Gasteiger partial charge in [-0.25, -0.2) is 13.8 Å². The number of aromatic amines is 1. The molecular formula is C11H13F2N3S. The monoisotopic (exact) mass is 257 g/mol. The molecule has 1 unspecified atom stereocenters. The van der Waals surface area contributed by atoms with Gasteiger partial charge < -0.3 is 10.7 Å². The third-order valence-corrected chi connectivity index (χ3v) is 3.15. The van der Waals surface area contributed by atoms with Gasteiger partial charge in [0, 0.05) is 6.07 Å². The molecule has 0 bridgehead atoms. The number of rotatable bonds is 4. The highest BCUT2D eigenvalue weighted by Gasteiger charge is 2.14. The minimum absolute atomic E-state index is 0.140. The maximum absolute atomic E-state index is 13.4. The van der Waals surface area contributed by atoms with Crippen LogP contribution in [0.5, 0.6) is 0 Å². The molecule has 0 amide bonds. The van der Waals surface area contributed by atoms with Gasteiger partial charge in [0.2, 0.25) is 0 Å². The Morgan fingerprint density at radius 2 is 2.24 bits per heavy atom. The number of H-pyrrole nitrogens is 1. The number of nitrogens with one attached hydrogen (secondary N) is 1. The molecule has 6 heteroatoms. The molecule has 0 aliphatic carbocycles. The molecular weight excluding hydrogens is 244 g/mol. The second-order valence-electron chi connectivity index (χ2n) is 3.79. The molecule has 1 aromatic heterocycles. The zero-order chi connectivity index (χ0) is 12.4. The number of thioether (sulfide) groups is 1. The first-order chi connectivity index (χ1) is 8.11. The number of aromatic nitrogens is 2. The Bertz CT molecular complexity index is 527. The van der Waals surface area contributed by atoms with Crippen molar-refractivity contribution in [1.29, 1.82) is 0 Å². The Kier molecular flexibility index (Phi) is 3.63. The van der Waals surface area contributed by atoms with E-state index in [1.807, 2.05) is 6.26 Å². The van der Waals surface area contributed by atoms with Crippen LogP contribution >= 0.6 is 11.8 Å². The van der Waals surface area contributed by atoms with Crippen LogP contribution in [0.4, 0.5) is 8.78 Å². The molecule has 92 valence electrons. The number of halogens is 2. The maximum atomic E-state index is 13.4. The van der Waals surface area contributed by atoms with Gasteiger partial charge in [-0.3, -0.25) is 0 Å². The van der Waals surface area contributed by atoms with Crippen LogP contribution < -0.4 is 5.73 Å². The standard InChI is InChI=1S/C11H13F2N3S/c1-17-3-2-8(14)11-15-9-5-6(12)4-7(13)10(9)16-11/h4-5,8H,2-3,14H2,1H3,(H,15,16). The number of nitrogens with two attached hydrogens (primary N) is 1. The first-order valence-corrected chi connectivity index (χ1v) is 6.60. The minimum Gasteiger partial charge on any atom is -0.340 e. The van der Waals surface area contributed by atoms with Crippen molar-refractivity contribution in [3.8, 4) is 0 Å². The van der Waals surface area contributed by atoms with E-state index in [1.165, 1.54) is 6.07 Å². The Hall–Kier alpha value is -1.14. The van der Waals surface area contributed by atoms with Crippen LogP contribution in [-0.2, 0) is 0 Å². The van der Waals surface area contributed by atoms with E-state index in [2.05, 4.69) is 9.97 Å². The van der Waals surface area contributed by atoms with Crippen LogP contribution in [0.25, 0.3) is 11.0 Å². The van der Waals surface area contributed by atoms with E-state index in [9.17, 15) is 8.78 Å². The first kappa shape index (κ1) is 12.3. The normalized spacial score (nSPS) is 13.2. The summed E-state index contributed by atoms with van der Waals surface area (Å²) in [5.74, 6) is 0.107. The largest absolute Gasteiger partial charge is 0.340 e. The van der Waals surface area contributed by atoms with Gasteiger partial charge in [0.15, 0.2) is 5.82 Å². The molecule has 0 aliphatic rings. The van der Waals surface area contributed by atoms with Gasteiger partial charge in [-0.15, -0.1) is 0 Å². The second kappa shape index (κ2) is 5.01. The quantitative estimate of drug-likeness (QED) is 0.885. The lowest BCUT2D eigenvalue weighted by molar-refractivity contribution is 0.590. The smallest absolute Gasteiger partial charge is 0.153 e. The van der Waals surface area contributed by atoms with E-state index in [0.717, 1.165) is 18.2 Å². The average molecular weight is 257 g/mol. The lowest BCUT2D eigenvalue weighted by Gasteiger charge is -2.06. The average Bonchev–Trinajstić information content (AvgIpc) is 2.69. The van der Waals surface area contributed by atoms with E-state index in [-0.39, 0.29) is 11.6 Å². The molecule has 2 aromatic rings. The summed E-state index contributed by atoms with van der Waals surface area (Å²) in [5.41, 5.74) is 6.39. The summed E-state index contributed by atoms with van der Waals surface area (Å²) < 4.78 is 26.4. The summed E-state index contributed by atoms with van der Waals surface area (Å²) in [6.07, 6.45) is 2.73. The molecule has 0 saturated heterocycles. The fraction of sp³-hybridized carbons (Fsp3) is 0.364. The van der Waals surface area contributed by atoms with Crippen LogP contribution in [0.1, 0.15) is 18.3 Å². The van der Waals surface area contributed by atoms with Crippen molar-refractivity contribution in [2.45, 2.75) is 12.5 Å². The molecule has 2 rings (SSSR count). The van der Waals surface area contributed by atoms with Crippen LogP contribution in [-0.4, -0.2) is 22.0 Å². The van der Waals surface area contributed by atoms with E-state index >= 15 is 0 Å². The van der Waals surface area contributed by atoms with Gasteiger partial charge in [0.25, 0.3) is 0 Å². The number of imidazole rings is 1. The lowest BCUT2D eigenvalue weighted by atomic mass is 10.2. The third kappa shape index (κ3) is 2.58. The Balaban J connectivity index is 2.34. The van der Waals surface area contributed by atoms with Crippen molar-refractivity contribution in [1.82, 2.24) is 9.97 Å². The number of benzene rings is 1. The Morgan fingerprint density at radius 3 is 2.94 bits per heavy atom. The SMILES string of the molecule is CSCCC(N)c1nc2c(F)cc(F)cc2[nH]1. The topological polar surface area (TPSA) is 54.7 Å². The van der Waals surface area contributed by atoms with Gasteiger partial charge in [0.1, 0.15) is 17.2 Å². The van der Waals surface area contributed by atoms with Crippen LogP contribution in [0.2, 0.25) is 0 Å². The van der Waals surface area contributed by atoms with Crippen LogP contribution in [0.3, 0.4) is 0 Å². The molecule has 1 atom stereocenters. The highest BCUT2D eigenvalue weighted by Crippen LogP contribution is 2.21. The second-order valence-corrected chi connectivity index (χ2v) is 4.78. The molecule has 0 saturated carbocycles. The molecule has 0 fully saturated rings. The molecule has 0 spiro atoms. The van der Waals surface area contributed by atoms with Gasteiger partial charge in [-0.05, 0) is 24.5 Å². The summed E-state index contributed by atoms with van der Waals surface area (Å²) >= 11 is 1.68. The molecule has 17 heavy (non-hydrogen) atoms. The summed E-state index contributed by atoms with van der Waals surface area (Å²) in [7, 11) is 0. The van der Waals surface area contributed by atoms with Crippen LogP contribution in [0, 0.1) is 11.6 Å².